The number of unbranched alkanes of at least 4 members (excludes halogenated alkanes) is 2. The summed E-state index contributed by atoms with van der Waals surface area (Å²) in [6.45, 7) is 4.83. The predicted octanol–water partition coefficient (Wildman–Crippen LogP) is 3.47. The first-order valence-corrected chi connectivity index (χ1v) is 10.1. The molecule has 0 saturated heterocycles. The molecule has 3 atom stereocenters. The van der Waals surface area contributed by atoms with Gasteiger partial charge in [-0.1, -0.05) is 44.9 Å². The fourth-order valence-corrected chi connectivity index (χ4v) is 4.44. The third kappa shape index (κ3) is 2.73. The van der Waals surface area contributed by atoms with Gasteiger partial charge in [-0.2, -0.15) is 10.5 Å². The van der Waals surface area contributed by atoms with Gasteiger partial charge >= 0.3 is 0 Å². The Bertz CT molecular complexity index is 862. The predicted molar refractivity (Wildman–Crippen MR) is 108 cm³/mol. The number of amidine groups is 1. The van der Waals surface area contributed by atoms with Crippen LogP contribution in [0.4, 0.5) is 0 Å². The van der Waals surface area contributed by atoms with Crippen LogP contribution < -0.4 is 10.5 Å². The van der Waals surface area contributed by atoms with Crippen molar-refractivity contribution in [3.63, 3.8) is 0 Å². The molecule has 0 spiro atoms. The zero-order valence-corrected chi connectivity index (χ0v) is 17.3. The highest BCUT2D eigenvalue weighted by atomic mass is 16.7. The maximum absolute atomic E-state index is 10.4. The van der Waals surface area contributed by atoms with Crippen LogP contribution in [-0.2, 0) is 9.47 Å². The van der Waals surface area contributed by atoms with Gasteiger partial charge in [-0.05, 0) is 18.9 Å². The van der Waals surface area contributed by atoms with Crippen LogP contribution in [0.15, 0.2) is 29.3 Å². The topological polar surface area (TPSA) is 114 Å². The summed E-state index contributed by atoms with van der Waals surface area (Å²) < 4.78 is 17.8. The minimum absolute atomic E-state index is 0.0884. The van der Waals surface area contributed by atoms with Gasteiger partial charge in [-0.25, -0.2) is 4.99 Å². The van der Waals surface area contributed by atoms with Crippen LogP contribution in [0.25, 0.3) is 0 Å². The molecule has 1 saturated carbocycles. The number of nitriles is 2. The van der Waals surface area contributed by atoms with E-state index < -0.39 is 22.7 Å². The molecule has 29 heavy (non-hydrogen) atoms. The summed E-state index contributed by atoms with van der Waals surface area (Å²) in [5, 5.41) is 20.6. The van der Waals surface area contributed by atoms with Crippen LogP contribution in [-0.4, -0.2) is 32.1 Å². The molecule has 0 radical (unpaired) electrons. The largest absolute Gasteiger partial charge is 0.496 e. The molecule has 154 valence electrons. The Hall–Kier alpha value is -2.61. The van der Waals surface area contributed by atoms with Gasteiger partial charge in [0.1, 0.15) is 17.0 Å². The van der Waals surface area contributed by atoms with Crippen LogP contribution in [0, 0.1) is 33.5 Å². The number of nitrogens with two attached hydrogens (primary N) is 1. The van der Waals surface area contributed by atoms with E-state index in [4.69, 9.17) is 19.9 Å². The lowest BCUT2D eigenvalue weighted by molar-refractivity contribution is -0.260. The molecular formula is C22H28N4O3. The minimum Gasteiger partial charge on any atom is -0.496 e. The highest BCUT2D eigenvalue weighted by molar-refractivity contribution is 6.00. The van der Waals surface area contributed by atoms with Crippen LogP contribution >= 0.6 is 0 Å². The molecule has 1 aromatic carbocycles. The van der Waals surface area contributed by atoms with Crippen molar-refractivity contribution >= 4 is 5.84 Å². The molecule has 2 aliphatic rings. The number of methoxy groups -OCH3 is 1. The summed E-state index contributed by atoms with van der Waals surface area (Å²) >= 11 is 0. The molecule has 7 heteroatoms. The number of ether oxygens (including phenoxy) is 3. The Morgan fingerprint density at radius 2 is 1.69 bits per heavy atom. The third-order valence-corrected chi connectivity index (χ3v) is 5.97. The van der Waals surface area contributed by atoms with E-state index in [1.165, 1.54) is 0 Å². The second-order valence-electron chi connectivity index (χ2n) is 7.50. The molecule has 1 aliphatic carbocycles. The van der Waals surface area contributed by atoms with Gasteiger partial charge in [-0.3, -0.25) is 0 Å². The standard InChI is InChI=1S/C22H28N4O3/c1-4-6-12-28-22(29-13-7-5-2)21(15-24)18(20(21,14-23)19(25)26-22)16-10-8-9-11-17(16)27-3/h8-11,18H,4-7,12-13H2,1-3H3,(H2,25,26). The Morgan fingerprint density at radius 1 is 1.07 bits per heavy atom. The van der Waals surface area contributed by atoms with Gasteiger partial charge in [-0.15, -0.1) is 0 Å². The normalized spacial score (nSPS) is 28.7. The van der Waals surface area contributed by atoms with Gasteiger partial charge in [0, 0.05) is 11.5 Å². The van der Waals surface area contributed by atoms with Gasteiger partial charge < -0.3 is 19.9 Å². The number of hydrogen-bond acceptors (Lipinski definition) is 7. The van der Waals surface area contributed by atoms with Crippen molar-refractivity contribution in [3.8, 4) is 17.9 Å². The fraction of sp³-hybridized carbons (Fsp3) is 0.591. The number of para-hydroxylation sites is 1. The average Bonchev–Trinajstić information content (AvgIpc) is 3.32. The number of fused-ring (bicyclic) bond motifs is 1. The Morgan fingerprint density at radius 3 is 2.21 bits per heavy atom. The average molecular weight is 396 g/mol. The highest BCUT2D eigenvalue weighted by Crippen LogP contribution is 2.82. The van der Waals surface area contributed by atoms with E-state index in [1.807, 2.05) is 24.3 Å². The molecule has 1 aromatic rings. The van der Waals surface area contributed by atoms with Crippen LogP contribution in [0.1, 0.15) is 51.0 Å². The molecule has 1 fully saturated rings. The summed E-state index contributed by atoms with van der Waals surface area (Å²) in [6, 6.07) is 12.0. The summed E-state index contributed by atoms with van der Waals surface area (Å²) in [6.07, 6.45) is 3.41. The van der Waals surface area contributed by atoms with Gasteiger partial charge in [0.2, 0.25) is 0 Å². The molecule has 0 aromatic heterocycles. The lowest BCUT2D eigenvalue weighted by Gasteiger charge is -2.32. The first-order chi connectivity index (χ1) is 14.0. The van der Waals surface area contributed by atoms with Crippen molar-refractivity contribution in [1.29, 1.82) is 10.5 Å². The lowest BCUT2D eigenvalue weighted by Crippen LogP contribution is -2.44. The van der Waals surface area contributed by atoms with E-state index in [1.54, 1.807) is 7.11 Å². The van der Waals surface area contributed by atoms with E-state index in [2.05, 4.69) is 31.0 Å². The van der Waals surface area contributed by atoms with E-state index in [0.29, 0.717) is 19.0 Å². The molecule has 0 amide bonds. The van der Waals surface area contributed by atoms with Crippen molar-refractivity contribution in [3.05, 3.63) is 29.8 Å². The molecule has 3 rings (SSSR count). The summed E-state index contributed by atoms with van der Waals surface area (Å²) in [5.41, 5.74) is 4.36. The van der Waals surface area contributed by atoms with Crippen LogP contribution in [0.2, 0.25) is 0 Å². The second-order valence-corrected chi connectivity index (χ2v) is 7.50. The number of rotatable bonds is 10. The smallest absolute Gasteiger partial charge is 0.293 e. The van der Waals surface area contributed by atoms with Crippen molar-refractivity contribution < 1.29 is 14.2 Å². The van der Waals surface area contributed by atoms with Gasteiger partial charge in [0.05, 0.1) is 32.5 Å². The highest BCUT2D eigenvalue weighted by Gasteiger charge is 2.94. The first kappa shape index (κ1) is 21.1. The van der Waals surface area contributed by atoms with Crippen LogP contribution in [0.3, 0.4) is 0 Å². The molecule has 3 unspecified atom stereocenters. The molecule has 2 N–H and O–H groups in total. The maximum Gasteiger partial charge on any atom is 0.293 e. The molecule has 1 heterocycles. The van der Waals surface area contributed by atoms with E-state index in [-0.39, 0.29) is 5.84 Å². The molecule has 7 nitrogen and oxygen atoms in total. The number of benzene rings is 1. The molecule has 1 aliphatic heterocycles. The van der Waals surface area contributed by atoms with Gasteiger partial charge in [0.15, 0.2) is 5.41 Å². The monoisotopic (exact) mass is 396 g/mol. The number of nitrogens with zero attached hydrogens (tertiary/aromatic N) is 3. The molecule has 0 bridgehead atoms. The number of hydrogen-bond donors (Lipinski definition) is 1. The summed E-state index contributed by atoms with van der Waals surface area (Å²) in [4.78, 5) is 4.48. The molecular weight excluding hydrogens is 368 g/mol. The Labute approximate surface area is 172 Å². The zero-order chi connectivity index (χ0) is 21.1. The first-order valence-electron chi connectivity index (χ1n) is 10.1. The quantitative estimate of drug-likeness (QED) is 0.478. The van der Waals surface area contributed by atoms with E-state index in [0.717, 1.165) is 31.2 Å². The summed E-state index contributed by atoms with van der Waals surface area (Å²) in [7, 11) is 1.56. The van der Waals surface area contributed by atoms with Gasteiger partial charge in [0.25, 0.3) is 5.91 Å². The third-order valence-electron chi connectivity index (χ3n) is 5.97. The van der Waals surface area contributed by atoms with Crippen molar-refractivity contribution in [2.45, 2.75) is 51.4 Å². The van der Waals surface area contributed by atoms with Crippen molar-refractivity contribution in [2.24, 2.45) is 21.6 Å². The van der Waals surface area contributed by atoms with E-state index >= 15 is 0 Å². The Balaban J connectivity index is 2.13. The minimum atomic E-state index is -1.60. The van der Waals surface area contributed by atoms with E-state index in [9.17, 15) is 10.5 Å². The van der Waals surface area contributed by atoms with Crippen LogP contribution in [0.5, 0.6) is 5.75 Å². The van der Waals surface area contributed by atoms with Crippen molar-refractivity contribution in [1.82, 2.24) is 0 Å². The Kier molecular flexibility index (Phi) is 5.84. The number of aliphatic imine (C=N–C) groups is 1. The fourth-order valence-electron chi connectivity index (χ4n) is 4.44. The maximum atomic E-state index is 10.4. The SMILES string of the molecule is CCCCOC1(OCCCC)N=C(N)C2(C#N)C(c3ccccc3OC)C12C#N. The lowest BCUT2D eigenvalue weighted by atomic mass is 9.93. The zero-order valence-electron chi connectivity index (χ0n) is 17.3. The summed E-state index contributed by atoms with van der Waals surface area (Å²) in [5.74, 6) is -1.47. The van der Waals surface area contributed by atoms with Crippen molar-refractivity contribution in [2.75, 3.05) is 20.3 Å². The second kappa shape index (κ2) is 8.02.